The Balaban J connectivity index is 1.70. The Kier molecular flexibility index (Phi) is 4.70. The second-order valence-electron chi connectivity index (χ2n) is 5.39. The molecule has 6 nitrogen and oxygen atoms in total. The van der Waals surface area contributed by atoms with E-state index in [4.69, 9.17) is 4.74 Å². The van der Waals surface area contributed by atoms with Gasteiger partial charge in [-0.1, -0.05) is 18.2 Å². The van der Waals surface area contributed by atoms with E-state index in [9.17, 15) is 22.8 Å². The minimum absolute atomic E-state index is 0.103. The zero-order chi connectivity index (χ0) is 18.7. The molecule has 1 heterocycles. The highest BCUT2D eigenvalue weighted by molar-refractivity contribution is 5.99. The first-order valence-electron chi connectivity index (χ1n) is 7.50. The minimum atomic E-state index is -4.82. The average molecular weight is 366 g/mol. The molecule has 2 aromatic carbocycles. The van der Waals surface area contributed by atoms with Gasteiger partial charge in [-0.3, -0.25) is 9.59 Å². The Morgan fingerprint density at radius 3 is 2.77 bits per heavy atom. The van der Waals surface area contributed by atoms with E-state index in [0.29, 0.717) is 11.4 Å². The quantitative estimate of drug-likeness (QED) is 0.873. The molecular formula is C17H13F3N2O4. The molecule has 1 aliphatic rings. The summed E-state index contributed by atoms with van der Waals surface area (Å²) < 4.78 is 46.4. The van der Waals surface area contributed by atoms with Gasteiger partial charge in [0.15, 0.2) is 6.61 Å². The van der Waals surface area contributed by atoms with E-state index in [2.05, 4.69) is 15.4 Å². The lowest BCUT2D eigenvalue weighted by molar-refractivity contribution is -0.274. The lowest BCUT2D eigenvalue weighted by Crippen LogP contribution is -2.27. The number of rotatable bonds is 4. The number of amides is 2. The summed E-state index contributed by atoms with van der Waals surface area (Å²) in [5.74, 6) is -0.806. The second kappa shape index (κ2) is 6.95. The predicted molar refractivity (Wildman–Crippen MR) is 84.9 cm³/mol. The molecular weight excluding hydrogens is 353 g/mol. The van der Waals surface area contributed by atoms with Gasteiger partial charge in [-0.2, -0.15) is 0 Å². The molecule has 0 radical (unpaired) electrons. The van der Waals surface area contributed by atoms with Crippen molar-refractivity contribution in [3.05, 3.63) is 53.6 Å². The summed E-state index contributed by atoms with van der Waals surface area (Å²) in [5.41, 5.74) is 0.756. The molecule has 1 aliphatic heterocycles. The van der Waals surface area contributed by atoms with E-state index in [1.54, 1.807) is 0 Å². The van der Waals surface area contributed by atoms with Crippen LogP contribution in [0.15, 0.2) is 42.5 Å². The molecule has 2 N–H and O–H groups in total. The van der Waals surface area contributed by atoms with Crippen molar-refractivity contribution in [2.45, 2.75) is 12.9 Å². The van der Waals surface area contributed by atoms with Gasteiger partial charge in [-0.25, -0.2) is 0 Å². The predicted octanol–water partition coefficient (Wildman–Crippen LogP) is 2.85. The summed E-state index contributed by atoms with van der Waals surface area (Å²) in [6, 6.07) is 9.98. The topological polar surface area (TPSA) is 76.7 Å². The minimum Gasteiger partial charge on any atom is -0.482 e. The van der Waals surface area contributed by atoms with Gasteiger partial charge in [0.05, 0.1) is 5.69 Å². The summed E-state index contributed by atoms with van der Waals surface area (Å²) in [7, 11) is 0. The lowest BCUT2D eigenvalue weighted by atomic mass is 10.1. The van der Waals surface area contributed by atoms with Gasteiger partial charge >= 0.3 is 6.36 Å². The van der Waals surface area contributed by atoms with Crippen LogP contribution in [0.4, 0.5) is 18.9 Å². The van der Waals surface area contributed by atoms with Crippen LogP contribution in [0.25, 0.3) is 0 Å². The number of hydrogen-bond acceptors (Lipinski definition) is 4. The Labute approximate surface area is 145 Å². The normalized spacial score (nSPS) is 13.3. The van der Waals surface area contributed by atoms with Crippen LogP contribution in [0.1, 0.15) is 15.9 Å². The van der Waals surface area contributed by atoms with Crippen molar-refractivity contribution in [1.29, 1.82) is 0 Å². The molecule has 2 amide bonds. The van der Waals surface area contributed by atoms with Crippen molar-refractivity contribution in [2.75, 3.05) is 11.9 Å². The maximum absolute atomic E-state index is 12.4. The van der Waals surface area contributed by atoms with Crippen LogP contribution in [-0.2, 0) is 11.3 Å². The van der Waals surface area contributed by atoms with Crippen LogP contribution in [-0.4, -0.2) is 24.8 Å². The molecule has 0 atom stereocenters. The molecule has 9 heteroatoms. The van der Waals surface area contributed by atoms with Gasteiger partial charge in [0.25, 0.3) is 11.8 Å². The van der Waals surface area contributed by atoms with E-state index in [1.165, 1.54) is 42.5 Å². The van der Waals surface area contributed by atoms with E-state index >= 15 is 0 Å². The number of hydrogen-bond donors (Lipinski definition) is 2. The number of fused-ring (bicyclic) bond motifs is 1. The van der Waals surface area contributed by atoms with Crippen LogP contribution in [0, 0.1) is 0 Å². The summed E-state index contributed by atoms with van der Waals surface area (Å²) in [6.07, 6.45) is -4.82. The van der Waals surface area contributed by atoms with Gasteiger partial charge in [0.1, 0.15) is 11.5 Å². The summed E-state index contributed by atoms with van der Waals surface area (Å²) >= 11 is 0. The zero-order valence-corrected chi connectivity index (χ0v) is 13.2. The maximum atomic E-state index is 12.4. The SMILES string of the molecule is O=C1COc2ccc(C(=O)NCc3ccccc3OC(F)(F)F)cc2N1. The Hall–Kier alpha value is -3.23. The highest BCUT2D eigenvalue weighted by atomic mass is 19.4. The molecule has 0 aromatic heterocycles. The molecule has 2 aromatic rings. The maximum Gasteiger partial charge on any atom is 0.573 e. The number of para-hydroxylation sites is 1. The number of benzene rings is 2. The molecule has 3 rings (SSSR count). The fraction of sp³-hybridized carbons (Fsp3) is 0.176. The smallest absolute Gasteiger partial charge is 0.482 e. The van der Waals surface area contributed by atoms with Crippen molar-refractivity contribution in [3.8, 4) is 11.5 Å². The van der Waals surface area contributed by atoms with E-state index in [1.807, 2.05) is 0 Å². The number of carbonyl (C=O) groups is 2. The van der Waals surface area contributed by atoms with Crippen LogP contribution >= 0.6 is 0 Å². The highest BCUT2D eigenvalue weighted by Crippen LogP contribution is 2.29. The van der Waals surface area contributed by atoms with Gasteiger partial charge in [0, 0.05) is 17.7 Å². The Bertz CT molecular complexity index is 852. The van der Waals surface area contributed by atoms with E-state index in [-0.39, 0.29) is 35.9 Å². The van der Waals surface area contributed by atoms with Crippen molar-refractivity contribution < 1.29 is 32.2 Å². The molecule has 0 unspecified atom stereocenters. The first-order chi connectivity index (χ1) is 12.3. The van der Waals surface area contributed by atoms with Crippen molar-refractivity contribution in [2.24, 2.45) is 0 Å². The van der Waals surface area contributed by atoms with Crippen LogP contribution in [0.3, 0.4) is 0 Å². The molecule has 26 heavy (non-hydrogen) atoms. The summed E-state index contributed by atoms with van der Waals surface area (Å²) in [6.45, 7) is -0.264. The van der Waals surface area contributed by atoms with Gasteiger partial charge in [-0.15, -0.1) is 13.2 Å². The van der Waals surface area contributed by atoms with E-state index < -0.39 is 12.3 Å². The summed E-state index contributed by atoms with van der Waals surface area (Å²) in [5, 5.41) is 5.09. The van der Waals surface area contributed by atoms with Crippen LogP contribution in [0.2, 0.25) is 0 Å². The first kappa shape index (κ1) is 17.6. The summed E-state index contributed by atoms with van der Waals surface area (Å²) in [4.78, 5) is 23.6. The van der Waals surface area contributed by atoms with Crippen molar-refractivity contribution >= 4 is 17.5 Å². The van der Waals surface area contributed by atoms with Crippen molar-refractivity contribution in [1.82, 2.24) is 5.32 Å². The average Bonchev–Trinajstić information content (AvgIpc) is 2.58. The molecule has 0 fully saturated rings. The Morgan fingerprint density at radius 2 is 2.00 bits per heavy atom. The lowest BCUT2D eigenvalue weighted by Gasteiger charge is -2.18. The zero-order valence-electron chi connectivity index (χ0n) is 13.2. The van der Waals surface area contributed by atoms with Crippen molar-refractivity contribution in [3.63, 3.8) is 0 Å². The molecule has 136 valence electrons. The number of anilines is 1. The van der Waals surface area contributed by atoms with Crippen LogP contribution < -0.4 is 20.1 Å². The number of nitrogens with one attached hydrogen (secondary N) is 2. The number of ether oxygens (including phenoxy) is 2. The third-order valence-corrected chi connectivity index (χ3v) is 3.51. The standard InChI is InChI=1S/C17H13F3N2O4/c18-17(19,20)26-13-4-2-1-3-11(13)8-21-16(24)10-5-6-14-12(7-10)22-15(23)9-25-14/h1-7H,8-9H2,(H,21,24)(H,22,23). The Morgan fingerprint density at radius 1 is 1.23 bits per heavy atom. The largest absolute Gasteiger partial charge is 0.573 e. The monoisotopic (exact) mass is 366 g/mol. The number of halogens is 3. The fourth-order valence-corrected chi connectivity index (χ4v) is 2.38. The van der Waals surface area contributed by atoms with Crippen LogP contribution in [0.5, 0.6) is 11.5 Å². The molecule has 0 saturated carbocycles. The van der Waals surface area contributed by atoms with E-state index in [0.717, 1.165) is 0 Å². The van der Waals surface area contributed by atoms with Gasteiger partial charge in [-0.05, 0) is 24.3 Å². The molecule has 0 saturated heterocycles. The molecule has 0 aliphatic carbocycles. The third kappa shape index (κ3) is 4.24. The van der Waals surface area contributed by atoms with Gasteiger partial charge < -0.3 is 20.1 Å². The first-order valence-corrected chi connectivity index (χ1v) is 7.50. The third-order valence-electron chi connectivity index (χ3n) is 3.51. The number of alkyl halides is 3. The second-order valence-corrected chi connectivity index (χ2v) is 5.39. The molecule has 0 bridgehead atoms. The molecule has 0 spiro atoms. The number of carbonyl (C=O) groups excluding carboxylic acids is 2. The highest BCUT2D eigenvalue weighted by Gasteiger charge is 2.32. The fourth-order valence-electron chi connectivity index (χ4n) is 2.38. The van der Waals surface area contributed by atoms with Gasteiger partial charge in [0.2, 0.25) is 0 Å².